The van der Waals surface area contributed by atoms with Crippen LogP contribution in [0, 0.1) is 23.7 Å². The fraction of sp³-hybridized carbons (Fsp3) is 0.684. The van der Waals surface area contributed by atoms with Crippen LogP contribution >= 0.6 is 0 Å². The predicted molar refractivity (Wildman–Crippen MR) is 184 cm³/mol. The van der Waals surface area contributed by atoms with E-state index in [2.05, 4.69) is 23.6 Å². The van der Waals surface area contributed by atoms with E-state index in [1.54, 1.807) is 6.08 Å². The van der Waals surface area contributed by atoms with Crippen molar-refractivity contribution >= 4 is 11.6 Å². The van der Waals surface area contributed by atoms with Gasteiger partial charge in [-0.05, 0) is 81.1 Å². The van der Waals surface area contributed by atoms with E-state index >= 15 is 0 Å². The molecule has 48 heavy (non-hydrogen) atoms. The molecule has 0 spiro atoms. The number of oxime groups is 1. The standard InChI is InChI=1S/C38H55N3O7/c1-4-21-46-38-34(40(3)37(44)26-12-13-26)25-32(39-47-5-2)30-23-27(10-6-8-19-42)29(11-7-9-20-43)35(36(30)38)31-24-28(14-15-33(31)48-38)45-22-18-41-16-17-41/h4,14-15,23-24,26-27,29,34-36,42-43H,1,5-13,16-22,25H2,2-3H3. The number of hydrogen-bond donors (Lipinski definition) is 2. The lowest BCUT2D eigenvalue weighted by Crippen LogP contribution is -2.69. The minimum Gasteiger partial charge on any atom is -0.492 e. The molecule has 3 aliphatic carbocycles. The molecule has 264 valence electrons. The summed E-state index contributed by atoms with van der Waals surface area (Å²) < 4.78 is 20.4. The molecule has 2 saturated carbocycles. The van der Waals surface area contributed by atoms with E-state index in [9.17, 15) is 15.0 Å². The molecule has 3 fully saturated rings. The van der Waals surface area contributed by atoms with Crippen LogP contribution in [0.2, 0.25) is 0 Å². The van der Waals surface area contributed by atoms with E-state index in [1.165, 1.54) is 0 Å². The first-order valence-corrected chi connectivity index (χ1v) is 18.3. The molecule has 2 N–H and O–H groups in total. The first kappa shape index (κ1) is 34.9. The highest BCUT2D eigenvalue weighted by Crippen LogP contribution is 2.62. The van der Waals surface area contributed by atoms with E-state index < -0.39 is 11.8 Å². The van der Waals surface area contributed by atoms with Gasteiger partial charge in [-0.3, -0.25) is 9.69 Å². The third-order valence-corrected chi connectivity index (χ3v) is 10.9. The van der Waals surface area contributed by atoms with Gasteiger partial charge in [0.25, 0.3) is 0 Å². The summed E-state index contributed by atoms with van der Waals surface area (Å²) in [5.41, 5.74) is 2.98. The van der Waals surface area contributed by atoms with Gasteiger partial charge in [-0.15, -0.1) is 6.58 Å². The topological polar surface area (TPSA) is 113 Å². The zero-order valence-electron chi connectivity index (χ0n) is 28.9. The number of carbonyl (C=O) groups excluding carboxylic acids is 1. The molecule has 2 heterocycles. The van der Waals surface area contributed by atoms with Gasteiger partial charge in [-0.2, -0.15) is 0 Å². The first-order chi connectivity index (χ1) is 23.4. The number of allylic oxidation sites excluding steroid dienone is 1. The molecule has 0 radical (unpaired) electrons. The van der Waals surface area contributed by atoms with E-state index in [1.807, 2.05) is 31.0 Å². The lowest BCUT2D eigenvalue weighted by Gasteiger charge is -2.59. The van der Waals surface area contributed by atoms with Crippen molar-refractivity contribution in [3.05, 3.63) is 48.1 Å². The van der Waals surface area contributed by atoms with Crippen LogP contribution in [0.25, 0.3) is 0 Å². The van der Waals surface area contributed by atoms with E-state index in [-0.39, 0.29) is 55.3 Å². The second kappa shape index (κ2) is 15.7. The molecular formula is C38H55N3O7. The minimum atomic E-state index is -1.19. The van der Waals surface area contributed by atoms with Crippen LogP contribution in [0.4, 0.5) is 0 Å². The number of hydrogen-bond acceptors (Lipinski definition) is 9. The van der Waals surface area contributed by atoms with Crippen molar-refractivity contribution in [2.24, 2.45) is 28.8 Å². The van der Waals surface area contributed by atoms with Gasteiger partial charge in [0.1, 0.15) is 30.8 Å². The zero-order chi connectivity index (χ0) is 33.7. The quantitative estimate of drug-likeness (QED) is 0.0929. The number of nitrogens with zero attached hydrogens (tertiary/aromatic N) is 3. The van der Waals surface area contributed by atoms with Crippen molar-refractivity contribution in [1.29, 1.82) is 0 Å². The summed E-state index contributed by atoms with van der Waals surface area (Å²) in [4.78, 5) is 23.8. The second-order valence-corrected chi connectivity index (χ2v) is 14.1. The SMILES string of the molecule is C=CCOC12Oc3ccc(OCCN4CC4)cc3C3C(CCCCO)C(CCCCO)C=C(C(=NOCC)CC1N(C)C(=O)C1CC1)C32. The lowest BCUT2D eigenvalue weighted by molar-refractivity contribution is -0.255. The Morgan fingerprint density at radius 3 is 2.62 bits per heavy atom. The molecule has 1 saturated heterocycles. The molecule has 1 aromatic carbocycles. The lowest BCUT2D eigenvalue weighted by atomic mass is 9.55. The number of unbranched alkanes of at least 4 members (excludes halogenated alkanes) is 2. The van der Waals surface area contributed by atoms with Crippen molar-refractivity contribution in [3.63, 3.8) is 0 Å². The van der Waals surface area contributed by atoms with Crippen LogP contribution in [-0.4, -0.2) is 103 Å². The molecule has 10 heteroatoms. The summed E-state index contributed by atoms with van der Waals surface area (Å²) in [5.74, 6) is 0.615. The van der Waals surface area contributed by atoms with Gasteiger partial charge in [-0.1, -0.05) is 30.1 Å². The van der Waals surface area contributed by atoms with Gasteiger partial charge in [0.05, 0.1) is 18.2 Å². The second-order valence-electron chi connectivity index (χ2n) is 14.1. The number of benzene rings is 1. The average molecular weight is 666 g/mol. The first-order valence-electron chi connectivity index (χ1n) is 18.3. The number of aliphatic hydroxyl groups is 2. The summed E-state index contributed by atoms with van der Waals surface area (Å²) in [6.07, 6.45) is 11.5. The minimum absolute atomic E-state index is 0.0301. The maximum absolute atomic E-state index is 13.8. The molecule has 0 aromatic heterocycles. The largest absolute Gasteiger partial charge is 0.492 e. The van der Waals surface area contributed by atoms with Crippen LogP contribution < -0.4 is 9.47 Å². The Morgan fingerprint density at radius 1 is 1.17 bits per heavy atom. The monoisotopic (exact) mass is 665 g/mol. The molecule has 6 unspecified atom stereocenters. The van der Waals surface area contributed by atoms with E-state index in [4.69, 9.17) is 24.2 Å². The van der Waals surface area contributed by atoms with Crippen molar-refractivity contribution < 1.29 is 34.1 Å². The Hall–Kier alpha value is -2.92. The van der Waals surface area contributed by atoms with Crippen LogP contribution in [-0.2, 0) is 14.4 Å². The van der Waals surface area contributed by atoms with Gasteiger partial charge >= 0.3 is 0 Å². The number of fused-ring (bicyclic) bond motifs is 2. The van der Waals surface area contributed by atoms with Gasteiger partial charge < -0.3 is 34.2 Å². The van der Waals surface area contributed by atoms with Crippen molar-refractivity contribution in [3.8, 4) is 11.5 Å². The highest BCUT2D eigenvalue weighted by molar-refractivity contribution is 6.03. The van der Waals surface area contributed by atoms with Crippen LogP contribution in [0.3, 0.4) is 0 Å². The van der Waals surface area contributed by atoms with Crippen molar-refractivity contribution in [1.82, 2.24) is 9.80 Å². The van der Waals surface area contributed by atoms with Crippen LogP contribution in [0.15, 0.2) is 47.7 Å². The summed E-state index contributed by atoms with van der Waals surface area (Å²) in [5, 5.41) is 24.2. The molecule has 5 aliphatic rings. The normalized spacial score (nSPS) is 29.7. The molecule has 2 aliphatic heterocycles. The highest BCUT2D eigenvalue weighted by Gasteiger charge is 2.65. The maximum atomic E-state index is 13.8. The third kappa shape index (κ3) is 7.32. The summed E-state index contributed by atoms with van der Waals surface area (Å²) in [6.45, 7) is 10.7. The molecule has 1 aromatic rings. The fourth-order valence-electron chi connectivity index (χ4n) is 8.32. The van der Waals surface area contributed by atoms with E-state index in [0.29, 0.717) is 19.6 Å². The number of amides is 1. The summed E-state index contributed by atoms with van der Waals surface area (Å²) in [7, 11) is 1.89. The molecular weight excluding hydrogens is 610 g/mol. The molecule has 6 atom stereocenters. The van der Waals surface area contributed by atoms with Crippen LogP contribution in [0.1, 0.15) is 76.2 Å². The predicted octanol–water partition coefficient (Wildman–Crippen LogP) is 4.90. The number of rotatable bonds is 19. The summed E-state index contributed by atoms with van der Waals surface area (Å²) in [6, 6.07) is 5.72. The smallest absolute Gasteiger partial charge is 0.239 e. The number of likely N-dealkylation sites (N-methyl/N-ethyl adjacent to an activating group) is 1. The molecule has 1 amide bonds. The number of ether oxygens (including phenoxy) is 3. The van der Waals surface area contributed by atoms with Crippen LogP contribution in [0.5, 0.6) is 11.5 Å². The zero-order valence-corrected chi connectivity index (χ0v) is 28.9. The van der Waals surface area contributed by atoms with Crippen molar-refractivity contribution in [2.75, 3.05) is 59.7 Å². The fourth-order valence-corrected chi connectivity index (χ4v) is 8.32. The Morgan fingerprint density at radius 2 is 1.94 bits per heavy atom. The van der Waals surface area contributed by atoms with Gasteiger partial charge in [0.15, 0.2) is 0 Å². The average Bonchev–Trinajstić information content (AvgIpc) is 4.03. The Balaban J connectivity index is 1.51. The Labute approximate surface area is 285 Å². The molecule has 0 bridgehead atoms. The van der Waals surface area contributed by atoms with Crippen molar-refractivity contribution in [2.45, 2.75) is 82.5 Å². The van der Waals surface area contributed by atoms with Gasteiger partial charge in [0, 0.05) is 63.7 Å². The summed E-state index contributed by atoms with van der Waals surface area (Å²) >= 11 is 0. The Kier molecular flexibility index (Phi) is 11.5. The highest BCUT2D eigenvalue weighted by atomic mass is 16.7. The third-order valence-electron chi connectivity index (χ3n) is 10.9. The van der Waals surface area contributed by atoms with Gasteiger partial charge in [-0.25, -0.2) is 0 Å². The maximum Gasteiger partial charge on any atom is 0.239 e. The van der Waals surface area contributed by atoms with Gasteiger partial charge in [0.2, 0.25) is 11.7 Å². The Bertz CT molecular complexity index is 1340. The van der Waals surface area contributed by atoms with E-state index in [0.717, 1.165) is 99.3 Å². The number of aliphatic hydroxyl groups excluding tert-OH is 2. The molecule has 10 nitrogen and oxygen atoms in total. The number of carbonyl (C=O) groups is 1. The molecule has 6 rings (SSSR count).